The number of hydrogen-bond acceptors (Lipinski definition) is 3. The number of rotatable bonds is 3. The van der Waals surface area contributed by atoms with Crippen LogP contribution in [0.25, 0.3) is 0 Å². The third-order valence-corrected chi connectivity index (χ3v) is 2.70. The zero-order valence-electron chi connectivity index (χ0n) is 10.4. The molecule has 2 rings (SSSR count). The van der Waals surface area contributed by atoms with Gasteiger partial charge >= 0.3 is 0 Å². The van der Waals surface area contributed by atoms with Crippen molar-refractivity contribution in [1.82, 2.24) is 0 Å². The van der Waals surface area contributed by atoms with Crippen molar-refractivity contribution in [2.75, 3.05) is 0 Å². The molecular formula is C15H13FN2O. The van der Waals surface area contributed by atoms with Gasteiger partial charge in [-0.15, -0.1) is 0 Å². The van der Waals surface area contributed by atoms with Crippen LogP contribution in [-0.2, 0) is 0 Å². The van der Waals surface area contributed by atoms with Crippen LogP contribution in [0, 0.1) is 17.1 Å². The maximum absolute atomic E-state index is 13.4. The lowest BCUT2D eigenvalue weighted by molar-refractivity contribution is 0.476. The zero-order valence-corrected chi connectivity index (χ0v) is 10.4. The number of nitrogens with two attached hydrogens (primary N) is 1. The van der Waals surface area contributed by atoms with Gasteiger partial charge in [-0.05, 0) is 36.8 Å². The van der Waals surface area contributed by atoms with Crippen molar-refractivity contribution >= 4 is 0 Å². The zero-order chi connectivity index (χ0) is 13.8. The Morgan fingerprint density at radius 2 is 1.79 bits per heavy atom. The lowest BCUT2D eigenvalue weighted by atomic mass is 10.1. The van der Waals surface area contributed by atoms with Crippen molar-refractivity contribution in [3.05, 3.63) is 59.4 Å². The molecule has 0 amide bonds. The summed E-state index contributed by atoms with van der Waals surface area (Å²) in [5.74, 6) is 0.353. The number of hydrogen-bond donors (Lipinski definition) is 1. The van der Waals surface area contributed by atoms with Crippen LogP contribution in [-0.4, -0.2) is 0 Å². The topological polar surface area (TPSA) is 59.0 Å². The van der Waals surface area contributed by atoms with Crippen LogP contribution in [0.2, 0.25) is 0 Å². The van der Waals surface area contributed by atoms with E-state index in [9.17, 15) is 4.39 Å². The first-order valence-electron chi connectivity index (χ1n) is 5.83. The van der Waals surface area contributed by atoms with Crippen molar-refractivity contribution < 1.29 is 9.13 Å². The van der Waals surface area contributed by atoms with E-state index in [1.165, 1.54) is 12.1 Å². The fraction of sp³-hybridized carbons (Fsp3) is 0.133. The highest BCUT2D eigenvalue weighted by Crippen LogP contribution is 2.24. The predicted octanol–water partition coefficient (Wildman–Crippen LogP) is 3.51. The van der Waals surface area contributed by atoms with Gasteiger partial charge < -0.3 is 10.5 Å². The maximum atomic E-state index is 13.4. The second-order valence-electron chi connectivity index (χ2n) is 4.21. The summed E-state index contributed by atoms with van der Waals surface area (Å²) >= 11 is 0. The van der Waals surface area contributed by atoms with E-state index in [1.54, 1.807) is 24.3 Å². The molecule has 2 aromatic rings. The number of nitrogens with zero attached hydrogens (tertiary/aromatic N) is 1. The molecule has 0 aromatic heterocycles. The van der Waals surface area contributed by atoms with Gasteiger partial charge in [-0.2, -0.15) is 5.26 Å². The summed E-state index contributed by atoms with van der Waals surface area (Å²) in [6, 6.07) is 13.1. The highest BCUT2D eigenvalue weighted by molar-refractivity contribution is 5.39. The van der Waals surface area contributed by atoms with Crippen LogP contribution in [0.3, 0.4) is 0 Å². The summed E-state index contributed by atoms with van der Waals surface area (Å²) in [6.07, 6.45) is 0. The highest BCUT2D eigenvalue weighted by atomic mass is 19.1. The minimum Gasteiger partial charge on any atom is -0.457 e. The van der Waals surface area contributed by atoms with E-state index < -0.39 is 5.82 Å². The van der Waals surface area contributed by atoms with E-state index in [0.29, 0.717) is 11.5 Å². The van der Waals surface area contributed by atoms with Crippen LogP contribution >= 0.6 is 0 Å². The molecule has 0 saturated heterocycles. The molecule has 19 heavy (non-hydrogen) atoms. The summed E-state index contributed by atoms with van der Waals surface area (Å²) in [5, 5.41) is 8.64. The Kier molecular flexibility index (Phi) is 3.79. The summed E-state index contributed by atoms with van der Waals surface area (Å²) in [5.41, 5.74) is 6.75. The van der Waals surface area contributed by atoms with Crippen LogP contribution in [0.5, 0.6) is 11.5 Å². The third-order valence-electron chi connectivity index (χ3n) is 2.70. The van der Waals surface area contributed by atoms with E-state index >= 15 is 0 Å². The standard InChI is InChI=1S/C15H13FN2O/c1-10(18)11-2-5-13(6-3-11)19-14-7-4-12(9-17)15(16)8-14/h2-8,10H,18H2,1H3. The molecule has 96 valence electrons. The smallest absolute Gasteiger partial charge is 0.144 e. The maximum Gasteiger partial charge on any atom is 0.144 e. The van der Waals surface area contributed by atoms with E-state index in [1.807, 2.05) is 19.1 Å². The van der Waals surface area contributed by atoms with Crippen molar-refractivity contribution in [3.63, 3.8) is 0 Å². The molecule has 0 bridgehead atoms. The van der Waals surface area contributed by atoms with Gasteiger partial charge in [0.05, 0.1) is 5.56 Å². The first kappa shape index (κ1) is 13.1. The van der Waals surface area contributed by atoms with E-state index in [2.05, 4.69) is 0 Å². The van der Waals surface area contributed by atoms with E-state index in [-0.39, 0.29) is 11.6 Å². The van der Waals surface area contributed by atoms with Gasteiger partial charge in [-0.1, -0.05) is 12.1 Å². The fourth-order valence-electron chi connectivity index (χ4n) is 1.63. The molecule has 1 unspecified atom stereocenters. The van der Waals surface area contributed by atoms with Gasteiger partial charge in [-0.25, -0.2) is 4.39 Å². The average molecular weight is 256 g/mol. The molecule has 0 aliphatic heterocycles. The number of halogens is 1. The predicted molar refractivity (Wildman–Crippen MR) is 70.2 cm³/mol. The average Bonchev–Trinajstić information content (AvgIpc) is 2.39. The summed E-state index contributed by atoms with van der Waals surface area (Å²) in [6.45, 7) is 1.89. The lowest BCUT2D eigenvalue weighted by Gasteiger charge is -2.09. The van der Waals surface area contributed by atoms with Gasteiger partial charge in [-0.3, -0.25) is 0 Å². The Balaban J connectivity index is 2.17. The second kappa shape index (κ2) is 5.51. The Morgan fingerprint density at radius 1 is 1.16 bits per heavy atom. The molecule has 1 atom stereocenters. The van der Waals surface area contributed by atoms with Crippen molar-refractivity contribution in [2.45, 2.75) is 13.0 Å². The van der Waals surface area contributed by atoms with Gasteiger partial charge in [0.15, 0.2) is 0 Å². The molecule has 0 heterocycles. The van der Waals surface area contributed by atoms with E-state index in [0.717, 1.165) is 5.56 Å². The number of benzene rings is 2. The van der Waals surface area contributed by atoms with Gasteiger partial charge in [0.25, 0.3) is 0 Å². The Morgan fingerprint density at radius 3 is 2.32 bits per heavy atom. The fourth-order valence-corrected chi connectivity index (χ4v) is 1.63. The van der Waals surface area contributed by atoms with Crippen LogP contribution in [0.15, 0.2) is 42.5 Å². The van der Waals surface area contributed by atoms with Crippen molar-refractivity contribution in [2.24, 2.45) is 5.73 Å². The van der Waals surface area contributed by atoms with Gasteiger partial charge in [0.1, 0.15) is 23.4 Å². The third kappa shape index (κ3) is 3.09. The van der Waals surface area contributed by atoms with Gasteiger partial charge in [0.2, 0.25) is 0 Å². The summed E-state index contributed by atoms with van der Waals surface area (Å²) in [4.78, 5) is 0. The molecule has 0 aliphatic carbocycles. The Hall–Kier alpha value is -2.38. The largest absolute Gasteiger partial charge is 0.457 e. The van der Waals surface area contributed by atoms with Gasteiger partial charge in [0, 0.05) is 12.1 Å². The van der Waals surface area contributed by atoms with Crippen molar-refractivity contribution in [1.29, 1.82) is 5.26 Å². The number of nitriles is 1. The molecule has 0 radical (unpaired) electrons. The molecule has 0 aliphatic rings. The van der Waals surface area contributed by atoms with Crippen LogP contribution in [0.1, 0.15) is 24.1 Å². The SMILES string of the molecule is CC(N)c1ccc(Oc2ccc(C#N)c(F)c2)cc1. The quantitative estimate of drug-likeness (QED) is 0.914. The molecule has 2 aromatic carbocycles. The normalized spacial score (nSPS) is 11.7. The summed E-state index contributed by atoms with van der Waals surface area (Å²) in [7, 11) is 0. The first-order chi connectivity index (χ1) is 9.10. The molecule has 4 heteroatoms. The summed E-state index contributed by atoms with van der Waals surface area (Å²) < 4.78 is 18.9. The minimum atomic E-state index is -0.591. The van der Waals surface area contributed by atoms with Crippen LogP contribution < -0.4 is 10.5 Å². The molecule has 0 saturated carbocycles. The lowest BCUT2D eigenvalue weighted by Crippen LogP contribution is -2.04. The molecule has 0 spiro atoms. The first-order valence-corrected chi connectivity index (χ1v) is 5.83. The molecule has 2 N–H and O–H groups in total. The highest BCUT2D eigenvalue weighted by Gasteiger charge is 2.05. The second-order valence-corrected chi connectivity index (χ2v) is 4.21. The number of ether oxygens (including phenoxy) is 1. The Bertz CT molecular complexity index is 615. The van der Waals surface area contributed by atoms with Crippen LogP contribution in [0.4, 0.5) is 4.39 Å². The molecule has 3 nitrogen and oxygen atoms in total. The minimum absolute atomic E-state index is 0.000320. The molecular weight excluding hydrogens is 243 g/mol. The Labute approximate surface area is 111 Å². The molecule has 0 fully saturated rings. The van der Waals surface area contributed by atoms with Crippen molar-refractivity contribution in [3.8, 4) is 17.6 Å². The van der Waals surface area contributed by atoms with E-state index in [4.69, 9.17) is 15.7 Å². The monoisotopic (exact) mass is 256 g/mol.